The lowest BCUT2D eigenvalue weighted by molar-refractivity contribution is 0.409. The molecule has 3 aliphatic rings. The van der Waals surface area contributed by atoms with Crippen LogP contribution in [0, 0.1) is 29.6 Å². The van der Waals surface area contributed by atoms with Crippen LogP contribution in [0.25, 0.3) is 0 Å². The third kappa shape index (κ3) is 1.67. The summed E-state index contributed by atoms with van der Waals surface area (Å²) in [7, 11) is 0. The van der Waals surface area contributed by atoms with Crippen molar-refractivity contribution in [2.45, 2.75) is 31.7 Å². The van der Waals surface area contributed by atoms with Crippen molar-refractivity contribution in [2.24, 2.45) is 35.3 Å². The van der Waals surface area contributed by atoms with Gasteiger partial charge >= 0.3 is 0 Å². The van der Waals surface area contributed by atoms with Crippen LogP contribution in [-0.4, -0.2) is 11.0 Å². The molecule has 5 unspecified atom stereocenters. The van der Waals surface area contributed by atoms with Gasteiger partial charge in [0, 0.05) is 22.9 Å². The molecule has 4 rings (SSSR count). The van der Waals surface area contributed by atoms with Crippen LogP contribution in [0.3, 0.4) is 0 Å². The highest BCUT2D eigenvalue weighted by Crippen LogP contribution is 2.70. The molecule has 2 bridgehead atoms. The molecule has 0 amide bonds. The molecule has 3 aliphatic carbocycles. The maximum Gasteiger partial charge on any atom is 0.0410 e. The van der Waals surface area contributed by atoms with Crippen molar-refractivity contribution in [2.75, 3.05) is 0 Å². The van der Waals surface area contributed by atoms with Crippen molar-refractivity contribution in [3.8, 4) is 0 Å². The number of hydrogen-bond acceptors (Lipinski definition) is 2. The van der Waals surface area contributed by atoms with Crippen LogP contribution in [0.5, 0.6) is 0 Å². The van der Waals surface area contributed by atoms with Crippen LogP contribution in [0.4, 0.5) is 0 Å². The molecule has 3 fully saturated rings. The highest BCUT2D eigenvalue weighted by Gasteiger charge is 2.65. The van der Waals surface area contributed by atoms with E-state index in [1.54, 1.807) is 0 Å². The predicted molar refractivity (Wildman–Crippen MR) is 74.9 cm³/mol. The Morgan fingerprint density at radius 3 is 2.67 bits per heavy atom. The Morgan fingerprint density at radius 2 is 2.00 bits per heavy atom. The van der Waals surface area contributed by atoms with E-state index in [1.165, 1.54) is 24.8 Å². The van der Waals surface area contributed by atoms with E-state index in [-0.39, 0.29) is 0 Å². The Morgan fingerprint density at radius 1 is 1.28 bits per heavy atom. The van der Waals surface area contributed by atoms with Crippen molar-refractivity contribution in [3.63, 3.8) is 0 Å². The first-order valence-electron chi connectivity index (χ1n) is 7.09. The minimum atomic E-state index is 0.347. The normalized spacial score (nSPS) is 41.8. The fraction of sp³-hybridized carbons (Fsp3) is 0.667. The Bertz CT molecular complexity index is 459. The topological polar surface area (TPSA) is 38.9 Å². The largest absolute Gasteiger partial charge is 0.327 e. The number of aromatic nitrogens is 1. The molecule has 1 aromatic heterocycles. The van der Waals surface area contributed by atoms with Gasteiger partial charge < -0.3 is 5.73 Å². The second-order valence-corrected chi connectivity index (χ2v) is 7.36. The Kier molecular flexibility index (Phi) is 2.56. The first kappa shape index (κ1) is 11.4. The molecule has 0 aliphatic heterocycles. The lowest BCUT2D eigenvalue weighted by atomic mass is 9.94. The van der Waals surface area contributed by atoms with Gasteiger partial charge in [0.25, 0.3) is 0 Å². The summed E-state index contributed by atoms with van der Waals surface area (Å²) in [6.45, 7) is 0. The van der Waals surface area contributed by atoms with Crippen LogP contribution >= 0.6 is 15.9 Å². The maximum absolute atomic E-state index is 6.46. The van der Waals surface area contributed by atoms with Crippen molar-refractivity contribution < 1.29 is 0 Å². The molecule has 0 aromatic carbocycles. The summed E-state index contributed by atoms with van der Waals surface area (Å²) in [5.74, 6) is 4.83. The van der Waals surface area contributed by atoms with Crippen LogP contribution in [-0.2, 0) is 6.42 Å². The molecule has 2 nitrogen and oxygen atoms in total. The molecular weight excluding hydrogens is 288 g/mol. The third-order valence-corrected chi connectivity index (χ3v) is 5.96. The van der Waals surface area contributed by atoms with Gasteiger partial charge in [0.05, 0.1) is 0 Å². The van der Waals surface area contributed by atoms with Crippen LogP contribution in [0.2, 0.25) is 0 Å². The molecule has 96 valence electrons. The first-order chi connectivity index (χ1) is 8.74. The van der Waals surface area contributed by atoms with Gasteiger partial charge in [0.15, 0.2) is 0 Å². The van der Waals surface area contributed by atoms with E-state index in [4.69, 9.17) is 5.73 Å². The van der Waals surface area contributed by atoms with Crippen LogP contribution in [0.15, 0.2) is 22.9 Å². The van der Waals surface area contributed by atoms with Gasteiger partial charge in [0.2, 0.25) is 0 Å². The maximum atomic E-state index is 6.46. The minimum Gasteiger partial charge on any atom is -0.327 e. The lowest BCUT2D eigenvalue weighted by Crippen LogP contribution is -2.28. The molecule has 1 heterocycles. The number of hydrogen-bond donors (Lipinski definition) is 1. The number of pyridine rings is 1. The smallest absolute Gasteiger partial charge is 0.0410 e. The molecule has 5 atom stereocenters. The van der Waals surface area contributed by atoms with Crippen molar-refractivity contribution in [3.05, 3.63) is 28.5 Å². The number of fused-ring (bicyclic) bond motifs is 5. The Balaban J connectivity index is 1.45. The van der Waals surface area contributed by atoms with Gasteiger partial charge in [-0.3, -0.25) is 4.98 Å². The first-order valence-corrected chi connectivity index (χ1v) is 7.88. The minimum absolute atomic E-state index is 0.347. The van der Waals surface area contributed by atoms with E-state index >= 15 is 0 Å². The zero-order chi connectivity index (χ0) is 12.3. The van der Waals surface area contributed by atoms with Crippen molar-refractivity contribution in [1.82, 2.24) is 4.98 Å². The summed E-state index contributed by atoms with van der Waals surface area (Å²) in [6, 6.07) is 2.50. The summed E-state index contributed by atoms with van der Waals surface area (Å²) in [6.07, 6.45) is 9.25. The quantitative estimate of drug-likeness (QED) is 0.932. The van der Waals surface area contributed by atoms with Gasteiger partial charge in [-0.1, -0.05) is 0 Å². The van der Waals surface area contributed by atoms with Gasteiger partial charge in [-0.2, -0.15) is 0 Å². The summed E-state index contributed by atoms with van der Waals surface area (Å²) in [5.41, 5.74) is 7.73. The Labute approximate surface area is 116 Å². The Hall–Kier alpha value is -0.410. The van der Waals surface area contributed by atoms with E-state index in [0.717, 1.165) is 40.5 Å². The van der Waals surface area contributed by atoms with E-state index < -0.39 is 0 Å². The molecule has 0 radical (unpaired) electrons. The standard InChI is InChI=1S/C15H19BrN2/c16-11-3-8(6-18-7-11)4-12(17)15-13-9-1-2-10(5-9)14(13)15/h3,6-7,9-10,12-15H,1-2,4-5,17H2. The lowest BCUT2D eigenvalue weighted by Gasteiger charge is -2.16. The second-order valence-electron chi connectivity index (χ2n) is 6.44. The average Bonchev–Trinajstić information content (AvgIpc) is 2.79. The van der Waals surface area contributed by atoms with E-state index in [1.807, 2.05) is 12.4 Å². The highest BCUT2D eigenvalue weighted by atomic mass is 79.9. The molecule has 3 heteroatoms. The average molecular weight is 307 g/mol. The zero-order valence-corrected chi connectivity index (χ0v) is 12.0. The zero-order valence-electron chi connectivity index (χ0n) is 10.4. The third-order valence-electron chi connectivity index (χ3n) is 5.52. The molecule has 3 saturated carbocycles. The van der Waals surface area contributed by atoms with E-state index in [9.17, 15) is 0 Å². The van der Waals surface area contributed by atoms with Crippen LogP contribution < -0.4 is 5.73 Å². The predicted octanol–water partition coefficient (Wildman–Crippen LogP) is 3.01. The SMILES string of the molecule is NC(Cc1cncc(Br)c1)C1C2C3CCC(C3)C12. The molecule has 0 spiro atoms. The van der Waals surface area contributed by atoms with Gasteiger partial charge in [-0.05, 0) is 82.8 Å². The summed E-state index contributed by atoms with van der Waals surface area (Å²) < 4.78 is 1.06. The summed E-state index contributed by atoms with van der Waals surface area (Å²) >= 11 is 3.48. The molecular formula is C15H19BrN2. The fourth-order valence-electron chi connectivity index (χ4n) is 4.94. The fourth-order valence-corrected chi connectivity index (χ4v) is 5.35. The van der Waals surface area contributed by atoms with Crippen molar-refractivity contribution >= 4 is 15.9 Å². The second kappa shape index (κ2) is 4.04. The molecule has 18 heavy (non-hydrogen) atoms. The summed E-state index contributed by atoms with van der Waals surface area (Å²) in [4.78, 5) is 4.23. The van der Waals surface area contributed by atoms with Crippen LogP contribution in [0.1, 0.15) is 24.8 Å². The number of nitrogens with zero attached hydrogens (tertiary/aromatic N) is 1. The van der Waals surface area contributed by atoms with E-state index in [0.29, 0.717) is 6.04 Å². The number of halogens is 1. The number of nitrogens with two attached hydrogens (primary N) is 1. The van der Waals surface area contributed by atoms with Crippen molar-refractivity contribution in [1.29, 1.82) is 0 Å². The molecule has 0 saturated heterocycles. The molecule has 2 N–H and O–H groups in total. The van der Waals surface area contributed by atoms with Gasteiger partial charge in [-0.15, -0.1) is 0 Å². The summed E-state index contributed by atoms with van der Waals surface area (Å²) in [5, 5.41) is 0. The van der Waals surface area contributed by atoms with E-state index in [2.05, 4.69) is 27.0 Å². The number of rotatable bonds is 3. The van der Waals surface area contributed by atoms with Gasteiger partial charge in [0.1, 0.15) is 0 Å². The molecule has 1 aromatic rings. The monoisotopic (exact) mass is 306 g/mol. The highest BCUT2D eigenvalue weighted by molar-refractivity contribution is 9.10. The van der Waals surface area contributed by atoms with Gasteiger partial charge in [-0.25, -0.2) is 0 Å².